The van der Waals surface area contributed by atoms with Gasteiger partial charge in [0.05, 0.1) is 5.52 Å². The van der Waals surface area contributed by atoms with E-state index in [1.54, 1.807) is 0 Å². The molecule has 1 fully saturated rings. The van der Waals surface area contributed by atoms with E-state index in [4.69, 9.17) is 11.6 Å². The maximum Gasteiger partial charge on any atom is 0.134 e. The molecule has 2 heterocycles. The summed E-state index contributed by atoms with van der Waals surface area (Å²) in [6.45, 7) is 3.14. The van der Waals surface area contributed by atoms with Crippen LogP contribution >= 0.6 is 11.6 Å². The van der Waals surface area contributed by atoms with Crippen molar-refractivity contribution in [1.29, 1.82) is 0 Å². The predicted molar refractivity (Wildman–Crippen MR) is 88.7 cm³/mol. The summed E-state index contributed by atoms with van der Waals surface area (Å²) in [6.07, 6.45) is 2.54. The lowest BCUT2D eigenvalue weighted by Crippen LogP contribution is -2.44. The van der Waals surface area contributed by atoms with Crippen LogP contribution in [0, 0.1) is 0 Å². The average molecular weight is 304 g/mol. The second kappa shape index (κ2) is 6.30. The van der Waals surface area contributed by atoms with Crippen molar-refractivity contribution in [3.05, 3.63) is 41.0 Å². The van der Waals surface area contributed by atoms with Gasteiger partial charge in [0.25, 0.3) is 0 Å². The lowest BCUT2D eigenvalue weighted by molar-refractivity contribution is 0.128. The first-order chi connectivity index (χ1) is 10.1. The van der Waals surface area contributed by atoms with Gasteiger partial charge in [-0.3, -0.25) is 4.90 Å². The largest absolute Gasteiger partial charge is 0.305 e. The molecule has 21 heavy (non-hydrogen) atoms. The first-order valence-corrected chi connectivity index (χ1v) is 7.94. The fraction of sp³-hybridized carbons (Fsp3) is 0.471. The Morgan fingerprint density at radius 2 is 2.14 bits per heavy atom. The van der Waals surface area contributed by atoms with Crippen LogP contribution in [0.5, 0.6) is 0 Å². The normalized spacial score (nSPS) is 20.3. The molecule has 0 amide bonds. The molecule has 2 aromatic rings. The zero-order valence-corrected chi connectivity index (χ0v) is 13.5. The first kappa shape index (κ1) is 14.8. The molecule has 1 atom stereocenters. The van der Waals surface area contributed by atoms with Gasteiger partial charge in [0.2, 0.25) is 0 Å². The van der Waals surface area contributed by atoms with E-state index in [9.17, 15) is 0 Å². The minimum Gasteiger partial charge on any atom is -0.305 e. The Morgan fingerprint density at radius 1 is 1.33 bits per heavy atom. The van der Waals surface area contributed by atoms with Crippen LogP contribution < -0.4 is 0 Å². The Morgan fingerprint density at radius 3 is 2.95 bits per heavy atom. The van der Waals surface area contributed by atoms with Crippen LogP contribution in [0.3, 0.4) is 0 Å². The van der Waals surface area contributed by atoms with Gasteiger partial charge in [-0.05, 0) is 45.6 Å². The summed E-state index contributed by atoms with van der Waals surface area (Å²) in [5, 5.41) is 1.80. The fourth-order valence-electron chi connectivity index (χ4n) is 3.08. The molecule has 0 radical (unpaired) electrons. The van der Waals surface area contributed by atoms with Crippen LogP contribution in [0.1, 0.15) is 18.4 Å². The van der Waals surface area contributed by atoms with Gasteiger partial charge in [0.1, 0.15) is 5.15 Å². The van der Waals surface area contributed by atoms with Gasteiger partial charge < -0.3 is 4.90 Å². The molecule has 0 N–H and O–H groups in total. The summed E-state index contributed by atoms with van der Waals surface area (Å²) in [5.74, 6) is 0. The number of likely N-dealkylation sites (N-methyl/N-ethyl adjacent to an activating group) is 1. The number of fused-ring (bicyclic) bond motifs is 1. The molecule has 1 aromatic carbocycles. The molecule has 4 heteroatoms. The van der Waals surface area contributed by atoms with E-state index < -0.39 is 0 Å². The Bertz CT molecular complexity index is 626. The zero-order valence-electron chi connectivity index (χ0n) is 12.7. The highest BCUT2D eigenvalue weighted by molar-refractivity contribution is 6.30. The second-order valence-corrected chi connectivity index (χ2v) is 6.48. The summed E-state index contributed by atoms with van der Waals surface area (Å²) < 4.78 is 0. The van der Waals surface area contributed by atoms with E-state index in [0.29, 0.717) is 11.2 Å². The van der Waals surface area contributed by atoms with E-state index in [2.05, 4.69) is 41.0 Å². The van der Waals surface area contributed by atoms with Crippen LogP contribution in [0.15, 0.2) is 30.3 Å². The van der Waals surface area contributed by atoms with E-state index in [-0.39, 0.29) is 0 Å². The molecular formula is C17H22ClN3. The second-order valence-electron chi connectivity index (χ2n) is 6.13. The topological polar surface area (TPSA) is 19.4 Å². The Balaban J connectivity index is 1.79. The number of benzene rings is 1. The minimum absolute atomic E-state index is 0.640. The first-order valence-electron chi connectivity index (χ1n) is 7.56. The zero-order chi connectivity index (χ0) is 14.8. The maximum absolute atomic E-state index is 6.37. The van der Waals surface area contributed by atoms with E-state index in [1.807, 2.05) is 18.2 Å². The summed E-state index contributed by atoms with van der Waals surface area (Å²) in [6, 6.07) is 11.0. The molecule has 3 nitrogen and oxygen atoms in total. The van der Waals surface area contributed by atoms with Crippen molar-refractivity contribution in [2.45, 2.75) is 25.4 Å². The van der Waals surface area contributed by atoms with Crippen molar-refractivity contribution in [1.82, 2.24) is 14.8 Å². The molecule has 0 saturated carbocycles. The standard InChI is InChI=1S/C17H22ClN3/c1-20(2)15-7-5-9-21(12-15)11-14-10-13-6-3-4-8-16(13)19-17(14)18/h3-4,6,8,10,15H,5,7,9,11-12H2,1-2H3. The van der Waals surface area contributed by atoms with Crippen LogP contribution in [0.25, 0.3) is 10.9 Å². The van der Waals surface area contributed by atoms with Crippen LogP contribution in [0.4, 0.5) is 0 Å². The summed E-state index contributed by atoms with van der Waals surface area (Å²) in [4.78, 5) is 9.34. The third kappa shape index (κ3) is 3.37. The molecule has 0 spiro atoms. The Labute approximate surface area is 131 Å². The van der Waals surface area contributed by atoms with Crippen molar-refractivity contribution in [2.75, 3.05) is 27.2 Å². The van der Waals surface area contributed by atoms with E-state index >= 15 is 0 Å². The van der Waals surface area contributed by atoms with Gasteiger partial charge in [-0.25, -0.2) is 4.98 Å². The molecule has 1 aromatic heterocycles. The highest BCUT2D eigenvalue weighted by Crippen LogP contribution is 2.23. The smallest absolute Gasteiger partial charge is 0.134 e. The van der Waals surface area contributed by atoms with E-state index in [1.165, 1.54) is 12.8 Å². The molecular weight excluding hydrogens is 282 g/mol. The quantitative estimate of drug-likeness (QED) is 0.810. The third-order valence-electron chi connectivity index (χ3n) is 4.35. The summed E-state index contributed by atoms with van der Waals surface area (Å²) >= 11 is 6.37. The number of halogens is 1. The van der Waals surface area contributed by atoms with Crippen LogP contribution in [0.2, 0.25) is 5.15 Å². The lowest BCUT2D eigenvalue weighted by atomic mass is 10.0. The number of hydrogen-bond donors (Lipinski definition) is 0. The number of piperidine rings is 1. The third-order valence-corrected chi connectivity index (χ3v) is 4.68. The van der Waals surface area contributed by atoms with E-state index in [0.717, 1.165) is 36.1 Å². The molecule has 1 aliphatic heterocycles. The SMILES string of the molecule is CN(C)C1CCCN(Cc2cc3ccccc3nc2Cl)C1. The summed E-state index contributed by atoms with van der Waals surface area (Å²) in [5.41, 5.74) is 2.10. The number of pyridine rings is 1. The Hall–Kier alpha value is -1.16. The van der Waals surface area contributed by atoms with Crippen molar-refractivity contribution in [3.63, 3.8) is 0 Å². The van der Waals surface area contributed by atoms with Crippen LogP contribution in [-0.2, 0) is 6.54 Å². The molecule has 0 aliphatic carbocycles. The number of hydrogen-bond acceptors (Lipinski definition) is 3. The molecule has 1 saturated heterocycles. The molecule has 1 aliphatic rings. The van der Waals surface area contributed by atoms with Crippen molar-refractivity contribution < 1.29 is 0 Å². The lowest BCUT2D eigenvalue weighted by Gasteiger charge is -2.36. The average Bonchev–Trinajstić information content (AvgIpc) is 2.48. The molecule has 1 unspecified atom stereocenters. The van der Waals surface area contributed by atoms with Gasteiger partial charge >= 0.3 is 0 Å². The molecule has 112 valence electrons. The van der Waals surface area contributed by atoms with Crippen molar-refractivity contribution in [2.24, 2.45) is 0 Å². The van der Waals surface area contributed by atoms with Gasteiger partial charge in [-0.15, -0.1) is 0 Å². The Kier molecular flexibility index (Phi) is 4.43. The van der Waals surface area contributed by atoms with Gasteiger partial charge in [0, 0.05) is 30.1 Å². The van der Waals surface area contributed by atoms with Gasteiger partial charge in [0.15, 0.2) is 0 Å². The van der Waals surface area contributed by atoms with Gasteiger partial charge in [-0.1, -0.05) is 29.8 Å². The number of para-hydroxylation sites is 1. The fourth-order valence-corrected chi connectivity index (χ4v) is 3.29. The predicted octanol–water partition coefficient (Wildman–Crippen LogP) is 3.41. The highest BCUT2D eigenvalue weighted by atomic mass is 35.5. The monoisotopic (exact) mass is 303 g/mol. The van der Waals surface area contributed by atoms with Gasteiger partial charge in [-0.2, -0.15) is 0 Å². The minimum atomic E-state index is 0.640. The van der Waals surface area contributed by atoms with Crippen LogP contribution in [-0.4, -0.2) is 48.0 Å². The number of aromatic nitrogens is 1. The number of nitrogens with zero attached hydrogens (tertiary/aromatic N) is 3. The molecule has 0 bridgehead atoms. The summed E-state index contributed by atoms with van der Waals surface area (Å²) in [7, 11) is 4.33. The highest BCUT2D eigenvalue weighted by Gasteiger charge is 2.22. The molecule has 3 rings (SSSR count). The number of rotatable bonds is 3. The number of likely N-dealkylation sites (tertiary alicyclic amines) is 1. The van der Waals surface area contributed by atoms with Crippen molar-refractivity contribution >= 4 is 22.5 Å². The van der Waals surface area contributed by atoms with Crippen molar-refractivity contribution in [3.8, 4) is 0 Å². The maximum atomic E-state index is 6.37.